The highest BCUT2D eigenvalue weighted by Crippen LogP contribution is 2.45. The van der Waals surface area contributed by atoms with E-state index in [4.69, 9.17) is 10.7 Å². The van der Waals surface area contributed by atoms with E-state index in [1.165, 1.54) is 10.8 Å². The van der Waals surface area contributed by atoms with Gasteiger partial charge in [-0.1, -0.05) is 6.07 Å². The average Bonchev–Trinajstić information content (AvgIpc) is 3.57. The molecule has 2 aliphatic heterocycles. The number of nitrogens with two attached hydrogens (primary N) is 1. The molecule has 1 unspecified atom stereocenters. The van der Waals surface area contributed by atoms with Crippen LogP contribution in [0.3, 0.4) is 0 Å². The van der Waals surface area contributed by atoms with Crippen molar-refractivity contribution in [2.24, 2.45) is 0 Å². The van der Waals surface area contributed by atoms with E-state index in [0.717, 1.165) is 35.9 Å². The van der Waals surface area contributed by atoms with Crippen LogP contribution < -0.4 is 5.73 Å². The van der Waals surface area contributed by atoms with Crippen molar-refractivity contribution in [1.29, 1.82) is 0 Å². The Morgan fingerprint density at radius 2 is 1.89 bits per heavy atom. The van der Waals surface area contributed by atoms with E-state index in [-0.39, 0.29) is 40.4 Å². The molecule has 1 amide bonds. The fourth-order valence-corrected chi connectivity index (χ4v) is 6.73. The molecule has 3 atom stereocenters. The lowest BCUT2D eigenvalue weighted by Gasteiger charge is -2.38. The summed E-state index contributed by atoms with van der Waals surface area (Å²) in [6.45, 7) is 1.90. The van der Waals surface area contributed by atoms with E-state index in [1.54, 1.807) is 12.4 Å². The van der Waals surface area contributed by atoms with Gasteiger partial charge in [0, 0.05) is 47.3 Å². The van der Waals surface area contributed by atoms with Crippen LogP contribution in [0.25, 0.3) is 16.8 Å². The summed E-state index contributed by atoms with van der Waals surface area (Å²) in [5.74, 6) is -0.121. The van der Waals surface area contributed by atoms with Gasteiger partial charge >= 0.3 is 0 Å². The van der Waals surface area contributed by atoms with Gasteiger partial charge in [0.15, 0.2) is 15.5 Å². The molecule has 36 heavy (non-hydrogen) atoms. The van der Waals surface area contributed by atoms with Crippen molar-refractivity contribution >= 4 is 27.2 Å². The molecule has 0 radical (unpaired) electrons. The Hall–Kier alpha value is -3.87. The minimum atomic E-state index is -3.71. The van der Waals surface area contributed by atoms with Crippen molar-refractivity contribution in [3.63, 3.8) is 0 Å². The SMILES string of the molecule is Cc1ccc(-c2cnn3c(N)c(S(C)(=O)=O)c(C4C[C@H]5CC[C@@H](C4)N5C(=O)c4ncn[nH]4)nc23)cn1. The Kier molecular flexibility index (Phi) is 5.07. The van der Waals surface area contributed by atoms with Gasteiger partial charge in [-0.25, -0.2) is 18.4 Å². The summed E-state index contributed by atoms with van der Waals surface area (Å²) in [6, 6.07) is 3.72. The summed E-state index contributed by atoms with van der Waals surface area (Å²) in [5.41, 5.74) is 9.76. The van der Waals surface area contributed by atoms with Crippen LogP contribution in [0.5, 0.6) is 0 Å². The number of amides is 1. The van der Waals surface area contributed by atoms with E-state index in [1.807, 2.05) is 24.0 Å². The highest BCUT2D eigenvalue weighted by Gasteiger charge is 2.46. The molecule has 186 valence electrons. The largest absolute Gasteiger partial charge is 0.382 e. The number of aromatic nitrogens is 7. The summed E-state index contributed by atoms with van der Waals surface area (Å²) in [4.78, 5) is 28.2. The molecule has 0 spiro atoms. The van der Waals surface area contributed by atoms with Crippen molar-refractivity contribution in [1.82, 2.24) is 39.7 Å². The highest BCUT2D eigenvalue weighted by atomic mass is 32.2. The Bertz CT molecular complexity index is 1570. The van der Waals surface area contributed by atoms with Crippen LogP contribution in [0.15, 0.2) is 35.7 Å². The molecule has 2 fully saturated rings. The predicted octanol–water partition coefficient (Wildman–Crippen LogP) is 1.75. The highest BCUT2D eigenvalue weighted by molar-refractivity contribution is 7.91. The van der Waals surface area contributed by atoms with Gasteiger partial charge in [-0.3, -0.25) is 14.9 Å². The Balaban J connectivity index is 1.45. The van der Waals surface area contributed by atoms with Crippen molar-refractivity contribution in [2.45, 2.75) is 55.5 Å². The number of aryl methyl sites for hydroxylation is 1. The molecule has 6 heterocycles. The van der Waals surface area contributed by atoms with Gasteiger partial charge in [-0.15, -0.1) is 0 Å². The van der Waals surface area contributed by atoms with Crippen molar-refractivity contribution in [3.05, 3.63) is 48.1 Å². The van der Waals surface area contributed by atoms with Gasteiger partial charge in [0.2, 0.25) is 5.82 Å². The lowest BCUT2D eigenvalue weighted by molar-refractivity contribution is 0.0556. The van der Waals surface area contributed by atoms with Gasteiger partial charge in [0.05, 0.1) is 11.9 Å². The van der Waals surface area contributed by atoms with Crippen molar-refractivity contribution in [3.8, 4) is 11.1 Å². The van der Waals surface area contributed by atoms with E-state index in [0.29, 0.717) is 24.2 Å². The number of aromatic amines is 1. The Morgan fingerprint density at radius 1 is 1.14 bits per heavy atom. The first kappa shape index (κ1) is 22.6. The standard InChI is InChI=1S/C23H25N9O3S/c1-12-3-4-13(9-25-12)17-10-28-32-20(24)19(36(2,34)35)18(29-22(17)32)14-7-15-5-6-16(8-14)31(15)23(33)21-26-11-27-30-21/h3-4,9-11,14-16H,5-8,24H2,1-2H3,(H,26,27,30)/t14?,15-,16+. The molecule has 6 rings (SSSR count). The quantitative estimate of drug-likeness (QED) is 0.418. The number of pyridine rings is 1. The Morgan fingerprint density at radius 3 is 2.50 bits per heavy atom. The summed E-state index contributed by atoms with van der Waals surface area (Å²) < 4.78 is 27.2. The number of fused-ring (bicyclic) bond motifs is 3. The van der Waals surface area contributed by atoms with E-state index in [2.05, 4.69) is 25.3 Å². The first-order chi connectivity index (χ1) is 17.2. The molecule has 0 aromatic carbocycles. The van der Waals surface area contributed by atoms with E-state index in [9.17, 15) is 13.2 Å². The zero-order valence-corrected chi connectivity index (χ0v) is 20.6. The second kappa shape index (κ2) is 8.08. The number of sulfone groups is 1. The number of piperidine rings is 1. The van der Waals surface area contributed by atoms with Crippen LogP contribution in [-0.4, -0.2) is 72.3 Å². The van der Waals surface area contributed by atoms with Gasteiger partial charge in [0.1, 0.15) is 17.0 Å². The minimum absolute atomic E-state index is 0.00564. The third-order valence-corrected chi connectivity index (χ3v) is 8.39. The van der Waals surface area contributed by atoms with Crippen LogP contribution in [0.2, 0.25) is 0 Å². The second-order valence-electron chi connectivity index (χ2n) is 9.57. The summed E-state index contributed by atoms with van der Waals surface area (Å²) in [7, 11) is -3.71. The number of rotatable bonds is 4. The summed E-state index contributed by atoms with van der Waals surface area (Å²) >= 11 is 0. The molecular weight excluding hydrogens is 482 g/mol. The molecule has 4 aromatic rings. The smallest absolute Gasteiger partial charge is 0.291 e. The first-order valence-electron chi connectivity index (χ1n) is 11.7. The molecule has 2 bridgehead atoms. The predicted molar refractivity (Wildman–Crippen MR) is 130 cm³/mol. The fraction of sp³-hybridized carbons (Fsp3) is 0.391. The molecule has 12 nitrogen and oxygen atoms in total. The van der Waals surface area contributed by atoms with Gasteiger partial charge in [-0.2, -0.15) is 14.7 Å². The maximum atomic E-state index is 13.1. The lowest BCUT2D eigenvalue weighted by atomic mass is 9.87. The average molecular weight is 508 g/mol. The molecule has 3 N–H and O–H groups in total. The van der Waals surface area contributed by atoms with Crippen molar-refractivity contribution in [2.75, 3.05) is 12.0 Å². The number of carbonyl (C=O) groups excluding carboxylic acids is 1. The summed E-state index contributed by atoms with van der Waals surface area (Å²) in [5, 5.41) is 10.8. The normalized spacial score (nSPS) is 21.8. The van der Waals surface area contributed by atoms with Crippen molar-refractivity contribution < 1.29 is 13.2 Å². The third-order valence-electron chi connectivity index (χ3n) is 7.23. The molecular formula is C23H25N9O3S. The van der Waals surface area contributed by atoms with Crippen LogP contribution in [0.1, 0.15) is 53.6 Å². The Labute approximate surface area is 206 Å². The minimum Gasteiger partial charge on any atom is -0.382 e. The molecule has 2 aliphatic rings. The van der Waals surface area contributed by atoms with Crippen LogP contribution in [0, 0.1) is 6.92 Å². The number of carbonyl (C=O) groups is 1. The van der Waals surface area contributed by atoms with Gasteiger partial charge < -0.3 is 10.6 Å². The fourth-order valence-electron chi connectivity index (χ4n) is 5.67. The number of hydrogen-bond acceptors (Lipinski definition) is 9. The number of hydrogen-bond donors (Lipinski definition) is 2. The zero-order valence-electron chi connectivity index (χ0n) is 19.8. The van der Waals surface area contributed by atoms with E-state index < -0.39 is 9.84 Å². The second-order valence-corrected chi connectivity index (χ2v) is 11.5. The number of nitrogen functional groups attached to an aromatic ring is 1. The molecule has 0 saturated carbocycles. The zero-order chi connectivity index (χ0) is 25.2. The number of nitrogens with zero attached hydrogens (tertiary/aromatic N) is 7. The first-order valence-corrected chi connectivity index (χ1v) is 13.6. The topological polar surface area (TPSA) is 165 Å². The summed E-state index contributed by atoms with van der Waals surface area (Å²) in [6.07, 6.45) is 8.65. The van der Waals surface area contributed by atoms with Crippen LogP contribution >= 0.6 is 0 Å². The molecule has 4 aromatic heterocycles. The van der Waals surface area contributed by atoms with E-state index >= 15 is 0 Å². The lowest BCUT2D eigenvalue weighted by Crippen LogP contribution is -2.46. The third kappa shape index (κ3) is 3.53. The van der Waals surface area contributed by atoms with Crippen LogP contribution in [0.4, 0.5) is 5.82 Å². The molecule has 13 heteroatoms. The molecule has 0 aliphatic carbocycles. The van der Waals surface area contributed by atoms with Gasteiger partial charge in [0.25, 0.3) is 5.91 Å². The monoisotopic (exact) mass is 507 g/mol. The number of anilines is 1. The number of nitrogens with one attached hydrogen (secondary N) is 1. The maximum Gasteiger partial charge on any atom is 0.291 e. The van der Waals surface area contributed by atoms with Gasteiger partial charge in [-0.05, 0) is 38.7 Å². The number of H-pyrrole nitrogens is 1. The molecule has 2 saturated heterocycles. The maximum absolute atomic E-state index is 13.1. The van der Waals surface area contributed by atoms with Crippen LogP contribution in [-0.2, 0) is 9.84 Å².